The van der Waals surface area contributed by atoms with Crippen LogP contribution in [0.15, 0.2) is 30.3 Å². The molecule has 0 spiro atoms. The van der Waals surface area contributed by atoms with Crippen LogP contribution in [-0.2, 0) is 11.3 Å². The van der Waals surface area contributed by atoms with Gasteiger partial charge < -0.3 is 11.1 Å². The zero-order valence-corrected chi connectivity index (χ0v) is 12.9. The Labute approximate surface area is 134 Å². The lowest BCUT2D eigenvalue weighted by atomic mass is 10.2. The van der Waals surface area contributed by atoms with Crippen molar-refractivity contribution in [2.24, 2.45) is 11.7 Å². The molecule has 1 aliphatic carbocycles. The summed E-state index contributed by atoms with van der Waals surface area (Å²) in [6, 6.07) is 9.60. The molecule has 1 aromatic heterocycles. The second-order valence-corrected chi connectivity index (χ2v) is 5.26. The molecule has 1 aromatic carbocycles. The Balaban J connectivity index is 0.00000176. The zero-order chi connectivity index (χ0) is 14.7. The SMILES string of the molecule is Cl.NCC(NC(=O)Cn1nnc(-c2ccccc2)n1)C1CC1. The van der Waals surface area contributed by atoms with Crippen molar-refractivity contribution in [1.82, 2.24) is 25.5 Å². The molecule has 3 rings (SSSR count). The van der Waals surface area contributed by atoms with Gasteiger partial charge in [0.15, 0.2) is 0 Å². The number of carbonyl (C=O) groups excluding carboxylic acids is 1. The van der Waals surface area contributed by atoms with Gasteiger partial charge in [0.05, 0.1) is 0 Å². The van der Waals surface area contributed by atoms with Crippen molar-refractivity contribution in [3.05, 3.63) is 30.3 Å². The van der Waals surface area contributed by atoms with Crippen molar-refractivity contribution >= 4 is 18.3 Å². The van der Waals surface area contributed by atoms with E-state index in [2.05, 4.69) is 20.7 Å². The van der Waals surface area contributed by atoms with Crippen LogP contribution < -0.4 is 11.1 Å². The molecule has 22 heavy (non-hydrogen) atoms. The van der Waals surface area contributed by atoms with Crippen molar-refractivity contribution in [1.29, 1.82) is 0 Å². The smallest absolute Gasteiger partial charge is 0.243 e. The molecule has 118 valence electrons. The summed E-state index contributed by atoms with van der Waals surface area (Å²) in [5.41, 5.74) is 6.55. The first-order valence-corrected chi connectivity index (χ1v) is 7.09. The Hall–Kier alpha value is -1.99. The molecule has 1 aliphatic rings. The molecule has 0 radical (unpaired) electrons. The van der Waals surface area contributed by atoms with Crippen LogP contribution in [0.2, 0.25) is 0 Å². The summed E-state index contributed by atoms with van der Waals surface area (Å²) >= 11 is 0. The van der Waals surface area contributed by atoms with Crippen LogP contribution in [0.4, 0.5) is 0 Å². The van der Waals surface area contributed by atoms with Crippen LogP contribution in [0.5, 0.6) is 0 Å². The lowest BCUT2D eigenvalue weighted by Gasteiger charge is -2.15. The number of halogens is 1. The number of nitrogens with two attached hydrogens (primary N) is 1. The maximum Gasteiger partial charge on any atom is 0.243 e. The Bertz CT molecular complexity index is 613. The molecular weight excluding hydrogens is 304 g/mol. The number of rotatable bonds is 6. The number of nitrogens with zero attached hydrogens (tertiary/aromatic N) is 4. The van der Waals surface area contributed by atoms with Gasteiger partial charge in [-0.1, -0.05) is 30.3 Å². The van der Waals surface area contributed by atoms with Gasteiger partial charge in [0.25, 0.3) is 0 Å². The highest BCUT2D eigenvalue weighted by Gasteiger charge is 2.31. The highest BCUT2D eigenvalue weighted by Crippen LogP contribution is 2.32. The largest absolute Gasteiger partial charge is 0.350 e. The number of benzene rings is 1. The molecule has 1 atom stereocenters. The lowest BCUT2D eigenvalue weighted by molar-refractivity contribution is -0.122. The standard InChI is InChI=1S/C14H18N6O.ClH/c15-8-12(10-6-7-10)16-13(21)9-20-18-14(17-19-20)11-4-2-1-3-5-11;/h1-5,10,12H,6-9,15H2,(H,16,21);1H. The minimum atomic E-state index is -0.130. The lowest BCUT2D eigenvalue weighted by Crippen LogP contribution is -2.43. The molecule has 2 aromatic rings. The number of amides is 1. The maximum absolute atomic E-state index is 12.0. The summed E-state index contributed by atoms with van der Waals surface area (Å²) in [5.74, 6) is 0.915. The summed E-state index contributed by atoms with van der Waals surface area (Å²) < 4.78 is 0. The van der Waals surface area contributed by atoms with E-state index in [4.69, 9.17) is 5.73 Å². The molecule has 1 unspecified atom stereocenters. The predicted molar refractivity (Wildman–Crippen MR) is 84.2 cm³/mol. The highest BCUT2D eigenvalue weighted by molar-refractivity contribution is 5.85. The number of carbonyl (C=O) groups is 1. The number of aromatic nitrogens is 4. The number of tetrazole rings is 1. The molecule has 8 heteroatoms. The Morgan fingerprint density at radius 1 is 1.36 bits per heavy atom. The average Bonchev–Trinajstić information content (AvgIpc) is 3.25. The minimum Gasteiger partial charge on any atom is -0.350 e. The quantitative estimate of drug-likeness (QED) is 0.812. The Morgan fingerprint density at radius 3 is 2.73 bits per heavy atom. The molecule has 1 amide bonds. The van der Waals surface area contributed by atoms with E-state index in [1.165, 1.54) is 4.80 Å². The third kappa shape index (κ3) is 4.02. The van der Waals surface area contributed by atoms with Gasteiger partial charge in [0.2, 0.25) is 11.7 Å². The fraction of sp³-hybridized carbons (Fsp3) is 0.429. The summed E-state index contributed by atoms with van der Waals surface area (Å²) in [5, 5.41) is 15.0. The van der Waals surface area contributed by atoms with Gasteiger partial charge in [-0.05, 0) is 24.0 Å². The van der Waals surface area contributed by atoms with Crippen LogP contribution in [-0.4, -0.2) is 38.7 Å². The van der Waals surface area contributed by atoms with E-state index in [-0.39, 0.29) is 30.9 Å². The fourth-order valence-corrected chi connectivity index (χ4v) is 2.26. The van der Waals surface area contributed by atoms with Crippen LogP contribution in [0.3, 0.4) is 0 Å². The van der Waals surface area contributed by atoms with Crippen LogP contribution in [0, 0.1) is 5.92 Å². The first-order chi connectivity index (χ1) is 10.3. The molecule has 3 N–H and O–H groups in total. The van der Waals surface area contributed by atoms with Crippen molar-refractivity contribution in [3.63, 3.8) is 0 Å². The van der Waals surface area contributed by atoms with Crippen molar-refractivity contribution in [3.8, 4) is 11.4 Å². The third-order valence-electron chi connectivity index (χ3n) is 3.56. The molecule has 0 aliphatic heterocycles. The third-order valence-corrected chi connectivity index (χ3v) is 3.56. The van der Waals surface area contributed by atoms with E-state index >= 15 is 0 Å². The molecule has 7 nitrogen and oxygen atoms in total. The van der Waals surface area contributed by atoms with Gasteiger partial charge in [-0.25, -0.2) is 0 Å². The van der Waals surface area contributed by atoms with Gasteiger partial charge in [0, 0.05) is 18.2 Å². The topological polar surface area (TPSA) is 98.7 Å². The number of hydrogen-bond donors (Lipinski definition) is 2. The number of hydrogen-bond acceptors (Lipinski definition) is 5. The Kier molecular flexibility index (Phi) is 5.46. The zero-order valence-electron chi connectivity index (χ0n) is 12.1. The van der Waals surface area contributed by atoms with E-state index in [9.17, 15) is 4.79 Å². The van der Waals surface area contributed by atoms with Gasteiger partial charge in [-0.15, -0.1) is 22.6 Å². The summed E-state index contributed by atoms with van der Waals surface area (Å²) in [7, 11) is 0. The van der Waals surface area contributed by atoms with E-state index in [0.717, 1.165) is 18.4 Å². The van der Waals surface area contributed by atoms with E-state index in [0.29, 0.717) is 18.3 Å². The monoisotopic (exact) mass is 322 g/mol. The first kappa shape index (κ1) is 16.4. The second-order valence-electron chi connectivity index (χ2n) is 5.26. The normalized spacial score (nSPS) is 15.0. The maximum atomic E-state index is 12.0. The van der Waals surface area contributed by atoms with Crippen molar-refractivity contribution in [2.75, 3.05) is 6.54 Å². The van der Waals surface area contributed by atoms with Gasteiger partial charge >= 0.3 is 0 Å². The molecule has 1 saturated carbocycles. The summed E-state index contributed by atoms with van der Waals surface area (Å²) in [4.78, 5) is 13.3. The van der Waals surface area contributed by atoms with Crippen LogP contribution in [0.25, 0.3) is 11.4 Å². The van der Waals surface area contributed by atoms with Crippen molar-refractivity contribution < 1.29 is 4.79 Å². The summed E-state index contributed by atoms with van der Waals surface area (Å²) in [6.07, 6.45) is 2.28. The summed E-state index contributed by atoms with van der Waals surface area (Å²) in [6.45, 7) is 0.527. The average molecular weight is 323 g/mol. The van der Waals surface area contributed by atoms with Crippen LogP contribution >= 0.6 is 12.4 Å². The minimum absolute atomic E-state index is 0. The highest BCUT2D eigenvalue weighted by atomic mass is 35.5. The molecule has 0 saturated heterocycles. The van der Waals surface area contributed by atoms with E-state index in [1.54, 1.807) is 0 Å². The predicted octanol–water partition coefficient (Wildman–Crippen LogP) is 0.615. The van der Waals surface area contributed by atoms with Gasteiger partial charge in [-0.2, -0.15) is 4.80 Å². The first-order valence-electron chi connectivity index (χ1n) is 7.09. The molecule has 0 bridgehead atoms. The van der Waals surface area contributed by atoms with Crippen molar-refractivity contribution in [2.45, 2.75) is 25.4 Å². The second kappa shape index (κ2) is 7.33. The number of nitrogens with one attached hydrogen (secondary N) is 1. The van der Waals surface area contributed by atoms with Gasteiger partial charge in [0.1, 0.15) is 6.54 Å². The Morgan fingerprint density at radius 2 is 2.09 bits per heavy atom. The van der Waals surface area contributed by atoms with Crippen LogP contribution in [0.1, 0.15) is 12.8 Å². The molecule has 1 fully saturated rings. The van der Waals surface area contributed by atoms with E-state index in [1.807, 2.05) is 30.3 Å². The molecular formula is C14H19ClN6O. The fourth-order valence-electron chi connectivity index (χ4n) is 2.26. The molecule has 1 heterocycles. The van der Waals surface area contributed by atoms with E-state index < -0.39 is 0 Å². The van der Waals surface area contributed by atoms with Gasteiger partial charge in [-0.3, -0.25) is 4.79 Å².